The number of terminal acetylenes is 1. The van der Waals surface area contributed by atoms with Crippen LogP contribution in [0.4, 0.5) is 0 Å². The van der Waals surface area contributed by atoms with Crippen LogP contribution in [0.25, 0.3) is 0 Å². The number of carbonyl (C=O) groups excluding carboxylic acids is 1. The Morgan fingerprint density at radius 2 is 1.94 bits per heavy atom. The van der Waals surface area contributed by atoms with E-state index in [0.29, 0.717) is 5.56 Å². The van der Waals surface area contributed by atoms with Gasteiger partial charge in [-0.1, -0.05) is 36.5 Å². The van der Waals surface area contributed by atoms with Crippen LogP contribution in [-0.2, 0) is 0 Å². The topological polar surface area (TPSA) is 29.1 Å². The van der Waals surface area contributed by atoms with E-state index in [1.54, 1.807) is 0 Å². The molecule has 90 valence electrons. The molecule has 1 rings (SSSR count). The molecule has 0 saturated heterocycles. The van der Waals surface area contributed by atoms with Gasteiger partial charge in [0.05, 0.1) is 6.04 Å². The first-order chi connectivity index (χ1) is 8.06. The van der Waals surface area contributed by atoms with Gasteiger partial charge >= 0.3 is 0 Å². The maximum absolute atomic E-state index is 12.0. The van der Waals surface area contributed by atoms with E-state index in [2.05, 4.69) is 11.2 Å². The van der Waals surface area contributed by atoms with E-state index in [-0.39, 0.29) is 11.9 Å². The number of benzene rings is 1. The summed E-state index contributed by atoms with van der Waals surface area (Å²) in [5.74, 6) is 2.51. The predicted molar refractivity (Wildman–Crippen MR) is 70.9 cm³/mol. The summed E-state index contributed by atoms with van der Waals surface area (Å²) in [5, 5.41) is 2.86. The molecule has 0 bridgehead atoms. The van der Waals surface area contributed by atoms with E-state index in [9.17, 15) is 4.79 Å². The summed E-state index contributed by atoms with van der Waals surface area (Å²) in [6.07, 6.45) is 7.15. The number of amides is 1. The highest BCUT2D eigenvalue weighted by molar-refractivity contribution is 5.95. The van der Waals surface area contributed by atoms with Crippen molar-refractivity contribution in [3.63, 3.8) is 0 Å². The Labute approximate surface area is 103 Å². The fourth-order valence-electron chi connectivity index (χ4n) is 1.83. The van der Waals surface area contributed by atoms with Gasteiger partial charge in [-0.2, -0.15) is 0 Å². The standard InChI is InChI=1S/C15H19NO/c1-5-7-14(6-2)16-15(17)13-9-11(3)8-12(4)10-13/h2,8-10,14H,5,7H2,1,3-4H3,(H,16,17). The monoisotopic (exact) mass is 229 g/mol. The van der Waals surface area contributed by atoms with Crippen LogP contribution in [-0.4, -0.2) is 11.9 Å². The molecule has 0 heterocycles. The van der Waals surface area contributed by atoms with Gasteiger partial charge in [0.2, 0.25) is 0 Å². The van der Waals surface area contributed by atoms with Crippen molar-refractivity contribution in [1.82, 2.24) is 5.32 Å². The van der Waals surface area contributed by atoms with Crippen molar-refractivity contribution in [3.05, 3.63) is 34.9 Å². The van der Waals surface area contributed by atoms with Gasteiger partial charge in [-0.05, 0) is 32.4 Å². The normalized spacial score (nSPS) is 11.6. The van der Waals surface area contributed by atoms with Gasteiger partial charge in [0.25, 0.3) is 5.91 Å². The number of aryl methyl sites for hydroxylation is 2. The van der Waals surface area contributed by atoms with Gasteiger partial charge < -0.3 is 5.32 Å². The molecule has 0 spiro atoms. The minimum absolute atomic E-state index is 0.0896. The molecule has 0 aliphatic carbocycles. The third-order valence-corrected chi connectivity index (χ3v) is 2.57. The molecule has 2 nitrogen and oxygen atoms in total. The second kappa shape index (κ2) is 6.10. The van der Waals surface area contributed by atoms with E-state index in [1.165, 1.54) is 0 Å². The molecule has 2 heteroatoms. The Balaban J connectivity index is 2.79. The van der Waals surface area contributed by atoms with Crippen LogP contribution in [0.5, 0.6) is 0 Å². The third kappa shape index (κ3) is 3.96. The molecule has 17 heavy (non-hydrogen) atoms. The van der Waals surface area contributed by atoms with Crippen molar-refractivity contribution in [2.75, 3.05) is 0 Å². The first kappa shape index (κ1) is 13.3. The van der Waals surface area contributed by atoms with Crippen molar-refractivity contribution in [2.24, 2.45) is 0 Å². The average Bonchev–Trinajstić information content (AvgIpc) is 2.27. The number of carbonyl (C=O) groups is 1. The van der Waals surface area contributed by atoms with E-state index in [4.69, 9.17) is 6.42 Å². The molecule has 0 aliphatic rings. The van der Waals surface area contributed by atoms with Crippen LogP contribution in [0.1, 0.15) is 41.3 Å². The summed E-state index contributed by atoms with van der Waals surface area (Å²) in [6.45, 7) is 6.01. The quantitative estimate of drug-likeness (QED) is 0.790. The zero-order valence-electron chi connectivity index (χ0n) is 10.7. The zero-order valence-corrected chi connectivity index (χ0v) is 10.7. The molecule has 0 saturated carbocycles. The average molecular weight is 229 g/mol. The lowest BCUT2D eigenvalue weighted by Crippen LogP contribution is -2.33. The van der Waals surface area contributed by atoms with Crippen molar-refractivity contribution in [3.8, 4) is 12.3 Å². The minimum atomic E-state index is -0.173. The predicted octanol–water partition coefficient (Wildman–Crippen LogP) is 2.84. The van der Waals surface area contributed by atoms with E-state index >= 15 is 0 Å². The second-order valence-corrected chi connectivity index (χ2v) is 4.36. The Morgan fingerprint density at radius 3 is 2.41 bits per heavy atom. The van der Waals surface area contributed by atoms with Crippen molar-refractivity contribution in [2.45, 2.75) is 39.7 Å². The minimum Gasteiger partial charge on any atom is -0.338 e. The van der Waals surface area contributed by atoms with Crippen molar-refractivity contribution in [1.29, 1.82) is 0 Å². The molecule has 1 N–H and O–H groups in total. The number of hydrogen-bond acceptors (Lipinski definition) is 1. The highest BCUT2D eigenvalue weighted by Gasteiger charge is 2.11. The van der Waals surface area contributed by atoms with Gasteiger partial charge in [-0.15, -0.1) is 6.42 Å². The van der Waals surface area contributed by atoms with Crippen LogP contribution >= 0.6 is 0 Å². The fraction of sp³-hybridized carbons (Fsp3) is 0.400. The van der Waals surface area contributed by atoms with Crippen LogP contribution in [0.3, 0.4) is 0 Å². The first-order valence-corrected chi connectivity index (χ1v) is 5.92. The van der Waals surface area contributed by atoms with E-state index < -0.39 is 0 Å². The molecule has 1 aromatic rings. The number of rotatable bonds is 4. The maximum Gasteiger partial charge on any atom is 0.252 e. The number of hydrogen-bond donors (Lipinski definition) is 1. The molecule has 1 amide bonds. The van der Waals surface area contributed by atoms with Gasteiger partial charge in [0.1, 0.15) is 0 Å². The van der Waals surface area contributed by atoms with Crippen LogP contribution in [0.2, 0.25) is 0 Å². The van der Waals surface area contributed by atoms with Crippen molar-refractivity contribution >= 4 is 5.91 Å². The summed E-state index contributed by atoms with van der Waals surface area (Å²) >= 11 is 0. The summed E-state index contributed by atoms with van der Waals surface area (Å²) in [4.78, 5) is 12.0. The molecule has 0 aromatic heterocycles. The van der Waals surface area contributed by atoms with Gasteiger partial charge in [-0.3, -0.25) is 4.79 Å². The Kier molecular flexibility index (Phi) is 4.78. The highest BCUT2D eigenvalue weighted by Crippen LogP contribution is 2.09. The second-order valence-electron chi connectivity index (χ2n) is 4.36. The molecule has 0 aliphatic heterocycles. The Bertz CT molecular complexity index is 422. The van der Waals surface area contributed by atoms with E-state index in [0.717, 1.165) is 24.0 Å². The highest BCUT2D eigenvalue weighted by atomic mass is 16.1. The first-order valence-electron chi connectivity index (χ1n) is 5.92. The smallest absolute Gasteiger partial charge is 0.252 e. The molecule has 1 aromatic carbocycles. The van der Waals surface area contributed by atoms with Gasteiger partial charge in [-0.25, -0.2) is 0 Å². The third-order valence-electron chi connectivity index (χ3n) is 2.57. The van der Waals surface area contributed by atoms with E-state index in [1.807, 2.05) is 39.0 Å². The maximum atomic E-state index is 12.0. The number of nitrogens with one attached hydrogen (secondary N) is 1. The Hall–Kier alpha value is -1.75. The molecular weight excluding hydrogens is 210 g/mol. The molecule has 0 radical (unpaired) electrons. The molecule has 0 fully saturated rings. The van der Waals surface area contributed by atoms with Crippen LogP contribution < -0.4 is 5.32 Å². The van der Waals surface area contributed by atoms with Gasteiger partial charge in [0, 0.05) is 5.56 Å². The lowest BCUT2D eigenvalue weighted by molar-refractivity contribution is 0.0944. The zero-order chi connectivity index (χ0) is 12.8. The summed E-state index contributed by atoms with van der Waals surface area (Å²) in [6, 6.07) is 5.62. The lowest BCUT2D eigenvalue weighted by atomic mass is 10.1. The molecule has 1 atom stereocenters. The van der Waals surface area contributed by atoms with Crippen LogP contribution in [0, 0.1) is 26.2 Å². The summed E-state index contributed by atoms with van der Waals surface area (Å²) in [5.41, 5.74) is 2.85. The summed E-state index contributed by atoms with van der Waals surface area (Å²) in [7, 11) is 0. The van der Waals surface area contributed by atoms with Crippen LogP contribution in [0.15, 0.2) is 18.2 Å². The molecular formula is C15H19NO. The molecule has 1 unspecified atom stereocenters. The fourth-order valence-corrected chi connectivity index (χ4v) is 1.83. The SMILES string of the molecule is C#CC(CCC)NC(=O)c1cc(C)cc(C)c1. The lowest BCUT2D eigenvalue weighted by Gasteiger charge is -2.12. The summed E-state index contributed by atoms with van der Waals surface area (Å²) < 4.78 is 0. The van der Waals surface area contributed by atoms with Crippen molar-refractivity contribution < 1.29 is 4.79 Å². The Morgan fingerprint density at radius 1 is 1.35 bits per heavy atom. The van der Waals surface area contributed by atoms with Gasteiger partial charge in [0.15, 0.2) is 0 Å². The largest absolute Gasteiger partial charge is 0.338 e.